The lowest BCUT2D eigenvalue weighted by Crippen LogP contribution is -2.24. The molecule has 2 heterocycles. The van der Waals surface area contributed by atoms with Crippen molar-refractivity contribution in [2.45, 2.75) is 25.3 Å². The Balaban J connectivity index is 1.63. The van der Waals surface area contributed by atoms with Crippen LogP contribution < -0.4 is 10.6 Å². The Morgan fingerprint density at radius 2 is 2.69 bits per heavy atom. The van der Waals surface area contributed by atoms with Crippen LogP contribution in [0.3, 0.4) is 0 Å². The predicted molar refractivity (Wildman–Crippen MR) is 54.0 cm³/mol. The summed E-state index contributed by atoms with van der Waals surface area (Å²) in [6, 6.07) is 0.709. The van der Waals surface area contributed by atoms with Gasteiger partial charge < -0.3 is 10.6 Å². The number of hydrogen-bond donors (Lipinski definition) is 2. The van der Waals surface area contributed by atoms with E-state index in [0.717, 1.165) is 11.7 Å². The van der Waals surface area contributed by atoms with E-state index in [-0.39, 0.29) is 0 Å². The van der Waals surface area contributed by atoms with Gasteiger partial charge in [0.15, 0.2) is 0 Å². The highest BCUT2D eigenvalue weighted by Crippen LogP contribution is 2.11. The Hall–Kier alpha value is -0.680. The molecule has 2 rings (SSSR count). The van der Waals surface area contributed by atoms with Crippen molar-refractivity contribution in [1.82, 2.24) is 15.5 Å². The third-order valence-electron chi connectivity index (χ3n) is 2.29. The van der Waals surface area contributed by atoms with Gasteiger partial charge in [-0.1, -0.05) is 11.3 Å². The minimum atomic E-state index is 0.709. The summed E-state index contributed by atoms with van der Waals surface area (Å²) in [5.41, 5.74) is 1.75. The van der Waals surface area contributed by atoms with Gasteiger partial charge in [0.2, 0.25) is 5.13 Å². The highest BCUT2D eigenvalue weighted by Gasteiger charge is 2.12. The van der Waals surface area contributed by atoms with E-state index in [4.69, 9.17) is 0 Å². The smallest absolute Gasteiger partial charge is 0.205 e. The zero-order valence-electron chi connectivity index (χ0n) is 7.49. The summed E-state index contributed by atoms with van der Waals surface area (Å²) < 4.78 is 0. The molecule has 72 valence electrons. The van der Waals surface area contributed by atoms with Crippen LogP contribution in [0, 0.1) is 0 Å². The van der Waals surface area contributed by atoms with E-state index >= 15 is 0 Å². The second kappa shape index (κ2) is 4.53. The fourth-order valence-corrected chi connectivity index (χ4v) is 2.08. The van der Waals surface area contributed by atoms with Gasteiger partial charge in [0.25, 0.3) is 0 Å². The van der Waals surface area contributed by atoms with E-state index in [0.29, 0.717) is 6.04 Å². The minimum Gasteiger partial charge on any atom is -0.360 e. The molecule has 1 aromatic heterocycles. The first kappa shape index (κ1) is 8.90. The SMILES string of the molecule is c1nnc(NCC[C@H]2CCCN2)s1. The van der Waals surface area contributed by atoms with Crippen LogP contribution in [0.2, 0.25) is 0 Å². The van der Waals surface area contributed by atoms with Crippen molar-refractivity contribution in [3.63, 3.8) is 0 Å². The summed E-state index contributed by atoms with van der Waals surface area (Å²) in [6.45, 7) is 2.18. The van der Waals surface area contributed by atoms with E-state index in [9.17, 15) is 0 Å². The highest BCUT2D eigenvalue weighted by molar-refractivity contribution is 7.13. The number of rotatable bonds is 4. The van der Waals surface area contributed by atoms with Gasteiger partial charge in [-0.15, -0.1) is 10.2 Å². The molecule has 0 radical (unpaired) electrons. The van der Waals surface area contributed by atoms with Crippen LogP contribution in [0.1, 0.15) is 19.3 Å². The Bertz CT molecular complexity index is 230. The second-order valence-electron chi connectivity index (χ2n) is 3.25. The molecule has 0 unspecified atom stereocenters. The van der Waals surface area contributed by atoms with E-state index < -0.39 is 0 Å². The van der Waals surface area contributed by atoms with Crippen molar-refractivity contribution in [2.24, 2.45) is 0 Å². The van der Waals surface area contributed by atoms with Crippen LogP contribution in [-0.2, 0) is 0 Å². The average Bonchev–Trinajstić information content (AvgIpc) is 2.75. The summed E-state index contributed by atoms with van der Waals surface area (Å²) >= 11 is 1.55. The molecule has 0 bridgehead atoms. The van der Waals surface area contributed by atoms with E-state index in [1.54, 1.807) is 16.8 Å². The van der Waals surface area contributed by atoms with Crippen molar-refractivity contribution in [2.75, 3.05) is 18.4 Å². The first-order valence-electron chi connectivity index (χ1n) is 4.68. The fourth-order valence-electron chi connectivity index (χ4n) is 1.61. The molecular weight excluding hydrogens is 184 g/mol. The molecule has 1 aliphatic heterocycles. The zero-order valence-corrected chi connectivity index (χ0v) is 8.31. The predicted octanol–water partition coefficient (Wildman–Crippen LogP) is 1.09. The summed E-state index contributed by atoms with van der Waals surface area (Å²) in [6.07, 6.45) is 3.82. The Kier molecular flexibility index (Phi) is 3.10. The third-order valence-corrected chi connectivity index (χ3v) is 2.94. The maximum Gasteiger partial charge on any atom is 0.205 e. The number of nitrogens with zero attached hydrogens (tertiary/aromatic N) is 2. The fraction of sp³-hybridized carbons (Fsp3) is 0.750. The molecule has 0 amide bonds. The lowest BCUT2D eigenvalue weighted by molar-refractivity contribution is 0.574. The molecule has 0 spiro atoms. The molecular formula is C8H14N4S. The second-order valence-corrected chi connectivity index (χ2v) is 4.09. The Morgan fingerprint density at radius 3 is 3.38 bits per heavy atom. The third kappa shape index (κ3) is 2.63. The molecule has 1 atom stereocenters. The lowest BCUT2D eigenvalue weighted by atomic mass is 10.2. The van der Waals surface area contributed by atoms with Crippen LogP contribution in [-0.4, -0.2) is 29.3 Å². The topological polar surface area (TPSA) is 49.8 Å². The summed E-state index contributed by atoms with van der Waals surface area (Å²) in [5.74, 6) is 0. The van der Waals surface area contributed by atoms with Gasteiger partial charge in [-0.25, -0.2) is 0 Å². The van der Waals surface area contributed by atoms with Gasteiger partial charge in [-0.05, 0) is 25.8 Å². The number of nitrogens with one attached hydrogen (secondary N) is 2. The van der Waals surface area contributed by atoms with Gasteiger partial charge in [-0.2, -0.15) is 0 Å². The van der Waals surface area contributed by atoms with Crippen LogP contribution in [0.15, 0.2) is 5.51 Å². The van der Waals surface area contributed by atoms with Gasteiger partial charge in [0, 0.05) is 12.6 Å². The minimum absolute atomic E-state index is 0.709. The monoisotopic (exact) mass is 198 g/mol. The van der Waals surface area contributed by atoms with Gasteiger partial charge in [-0.3, -0.25) is 0 Å². The van der Waals surface area contributed by atoms with Crippen LogP contribution in [0.4, 0.5) is 5.13 Å². The standard InChI is InChI=1S/C8H14N4S/c1-2-7(9-4-1)3-5-10-8-12-11-6-13-8/h6-7,9H,1-5H2,(H,10,12)/t7-/m1/s1. The molecule has 5 heteroatoms. The first-order valence-corrected chi connectivity index (χ1v) is 5.56. The van der Waals surface area contributed by atoms with E-state index in [2.05, 4.69) is 20.8 Å². The molecule has 1 fully saturated rings. The maximum absolute atomic E-state index is 3.92. The summed E-state index contributed by atoms with van der Waals surface area (Å²) in [7, 11) is 0. The molecule has 1 saturated heterocycles. The molecule has 1 aromatic rings. The van der Waals surface area contributed by atoms with E-state index in [1.165, 1.54) is 25.8 Å². The van der Waals surface area contributed by atoms with Gasteiger partial charge in [0.05, 0.1) is 0 Å². The molecule has 0 aliphatic carbocycles. The summed E-state index contributed by atoms with van der Waals surface area (Å²) in [4.78, 5) is 0. The number of aromatic nitrogens is 2. The van der Waals surface area contributed by atoms with Crippen molar-refractivity contribution in [1.29, 1.82) is 0 Å². The molecule has 2 N–H and O–H groups in total. The quantitative estimate of drug-likeness (QED) is 0.760. The number of hydrogen-bond acceptors (Lipinski definition) is 5. The van der Waals surface area contributed by atoms with Crippen LogP contribution in [0.25, 0.3) is 0 Å². The lowest BCUT2D eigenvalue weighted by Gasteiger charge is -2.09. The van der Waals surface area contributed by atoms with Crippen molar-refractivity contribution in [3.05, 3.63) is 5.51 Å². The van der Waals surface area contributed by atoms with Gasteiger partial charge >= 0.3 is 0 Å². The van der Waals surface area contributed by atoms with Crippen molar-refractivity contribution >= 4 is 16.5 Å². The van der Waals surface area contributed by atoms with Crippen LogP contribution in [0.5, 0.6) is 0 Å². The summed E-state index contributed by atoms with van der Waals surface area (Å²) in [5, 5.41) is 15.3. The normalized spacial score (nSPS) is 22.0. The molecule has 4 nitrogen and oxygen atoms in total. The highest BCUT2D eigenvalue weighted by atomic mass is 32.1. The van der Waals surface area contributed by atoms with Gasteiger partial charge in [0.1, 0.15) is 5.51 Å². The molecule has 0 aromatic carbocycles. The largest absolute Gasteiger partial charge is 0.360 e. The average molecular weight is 198 g/mol. The number of anilines is 1. The molecule has 13 heavy (non-hydrogen) atoms. The zero-order chi connectivity index (χ0) is 8.93. The Labute approximate surface area is 81.8 Å². The van der Waals surface area contributed by atoms with Crippen molar-refractivity contribution in [3.8, 4) is 0 Å². The Morgan fingerprint density at radius 1 is 1.69 bits per heavy atom. The van der Waals surface area contributed by atoms with E-state index in [1.807, 2.05) is 0 Å². The van der Waals surface area contributed by atoms with Crippen LogP contribution >= 0.6 is 11.3 Å². The first-order chi connectivity index (χ1) is 6.45. The molecule has 1 aliphatic rings. The maximum atomic E-state index is 3.92. The molecule has 0 saturated carbocycles. The van der Waals surface area contributed by atoms with Crippen molar-refractivity contribution < 1.29 is 0 Å².